The topological polar surface area (TPSA) is 12.0 Å². The van der Waals surface area contributed by atoms with Crippen LogP contribution >= 0.6 is 0 Å². The molecule has 0 aliphatic heterocycles. The van der Waals surface area contributed by atoms with Crippen molar-refractivity contribution in [3.63, 3.8) is 0 Å². The second-order valence-corrected chi connectivity index (χ2v) is 5.28. The average molecular weight is 247 g/mol. The third-order valence-corrected chi connectivity index (χ3v) is 3.93. The number of benzene rings is 1. The third-order valence-electron chi connectivity index (χ3n) is 3.93. The predicted molar refractivity (Wildman–Crippen MR) is 80.9 cm³/mol. The zero-order valence-electron chi connectivity index (χ0n) is 12.5. The molecule has 1 nitrogen and oxygen atoms in total. The molecule has 0 saturated heterocycles. The maximum atomic E-state index is 3.73. The van der Waals surface area contributed by atoms with Crippen LogP contribution in [0.5, 0.6) is 0 Å². The van der Waals surface area contributed by atoms with Crippen LogP contribution in [0.25, 0.3) is 0 Å². The Labute approximate surface area is 113 Å². The molecule has 102 valence electrons. The molecule has 0 spiro atoms. The van der Waals surface area contributed by atoms with Crippen molar-refractivity contribution in [1.82, 2.24) is 5.32 Å². The van der Waals surface area contributed by atoms with Crippen LogP contribution in [0.2, 0.25) is 0 Å². The fourth-order valence-electron chi connectivity index (χ4n) is 2.57. The van der Waals surface area contributed by atoms with E-state index in [1.54, 1.807) is 0 Å². The third kappa shape index (κ3) is 4.45. The Hall–Kier alpha value is -0.820. The van der Waals surface area contributed by atoms with Crippen LogP contribution in [0.3, 0.4) is 0 Å². The highest BCUT2D eigenvalue weighted by atomic mass is 14.9. The highest BCUT2D eigenvalue weighted by molar-refractivity contribution is 5.28. The fraction of sp³-hybridized carbons (Fsp3) is 0.647. The first kappa shape index (κ1) is 15.2. The van der Waals surface area contributed by atoms with E-state index in [9.17, 15) is 0 Å². The summed E-state index contributed by atoms with van der Waals surface area (Å²) in [5.74, 6) is 0.832. The van der Waals surface area contributed by atoms with Crippen LogP contribution < -0.4 is 5.32 Å². The Kier molecular flexibility index (Phi) is 7.04. The smallest absolute Gasteiger partial charge is 0.0325 e. The monoisotopic (exact) mass is 247 g/mol. The van der Waals surface area contributed by atoms with Gasteiger partial charge in [-0.1, -0.05) is 57.9 Å². The van der Waals surface area contributed by atoms with Crippen LogP contribution in [0.4, 0.5) is 0 Å². The number of rotatable bonds is 8. The van der Waals surface area contributed by atoms with Gasteiger partial charge in [-0.2, -0.15) is 0 Å². The normalized spacial score (nSPS) is 12.9. The molecule has 1 unspecified atom stereocenters. The summed E-state index contributed by atoms with van der Waals surface area (Å²) in [5, 5.41) is 3.73. The van der Waals surface area contributed by atoms with Gasteiger partial charge in [0.2, 0.25) is 0 Å². The molecule has 18 heavy (non-hydrogen) atoms. The van der Waals surface area contributed by atoms with Crippen LogP contribution in [0.15, 0.2) is 24.3 Å². The largest absolute Gasteiger partial charge is 0.310 e. The van der Waals surface area contributed by atoms with E-state index in [0.717, 1.165) is 12.5 Å². The predicted octanol–water partition coefficient (Wildman–Crippen LogP) is 4.86. The number of hydrogen-bond acceptors (Lipinski definition) is 1. The number of nitrogens with one attached hydrogen (secondary N) is 1. The number of hydrogen-bond donors (Lipinski definition) is 1. The van der Waals surface area contributed by atoms with E-state index in [4.69, 9.17) is 0 Å². The van der Waals surface area contributed by atoms with E-state index in [-0.39, 0.29) is 0 Å². The maximum Gasteiger partial charge on any atom is 0.0325 e. The zero-order valence-corrected chi connectivity index (χ0v) is 12.5. The van der Waals surface area contributed by atoms with Gasteiger partial charge in [0.15, 0.2) is 0 Å². The van der Waals surface area contributed by atoms with Gasteiger partial charge in [0.25, 0.3) is 0 Å². The van der Waals surface area contributed by atoms with Gasteiger partial charge < -0.3 is 5.32 Å². The van der Waals surface area contributed by atoms with Crippen molar-refractivity contribution in [2.75, 3.05) is 6.54 Å². The van der Waals surface area contributed by atoms with E-state index in [1.165, 1.54) is 36.8 Å². The molecule has 0 heterocycles. The first-order valence-electron chi connectivity index (χ1n) is 7.51. The lowest BCUT2D eigenvalue weighted by molar-refractivity contribution is 0.370. The van der Waals surface area contributed by atoms with Crippen molar-refractivity contribution in [3.05, 3.63) is 35.4 Å². The quantitative estimate of drug-likeness (QED) is 0.691. The van der Waals surface area contributed by atoms with Gasteiger partial charge >= 0.3 is 0 Å². The van der Waals surface area contributed by atoms with Gasteiger partial charge in [-0.05, 0) is 43.4 Å². The van der Waals surface area contributed by atoms with E-state index in [0.29, 0.717) is 6.04 Å². The SMILES string of the molecule is CCCNC(CC(CC)CC)c1ccccc1C. The number of aryl methyl sites for hydroxylation is 1. The van der Waals surface area contributed by atoms with Crippen molar-refractivity contribution >= 4 is 0 Å². The Morgan fingerprint density at radius 3 is 2.28 bits per heavy atom. The van der Waals surface area contributed by atoms with E-state index < -0.39 is 0 Å². The van der Waals surface area contributed by atoms with Crippen LogP contribution in [-0.4, -0.2) is 6.54 Å². The Morgan fingerprint density at radius 2 is 1.72 bits per heavy atom. The molecule has 0 aliphatic carbocycles. The average Bonchev–Trinajstić information content (AvgIpc) is 2.40. The Morgan fingerprint density at radius 1 is 1.06 bits per heavy atom. The molecule has 0 bridgehead atoms. The van der Waals surface area contributed by atoms with Gasteiger partial charge in [0.1, 0.15) is 0 Å². The lowest BCUT2D eigenvalue weighted by Crippen LogP contribution is -2.25. The molecule has 1 aromatic rings. The maximum absolute atomic E-state index is 3.73. The summed E-state index contributed by atoms with van der Waals surface area (Å²) in [6.07, 6.45) is 5.03. The van der Waals surface area contributed by atoms with Crippen LogP contribution in [0.1, 0.15) is 63.6 Å². The standard InChI is InChI=1S/C17H29N/c1-5-12-18-17(13-15(6-2)7-3)16-11-9-8-10-14(16)4/h8-11,15,17-18H,5-7,12-13H2,1-4H3. The Bertz CT molecular complexity index is 328. The van der Waals surface area contributed by atoms with E-state index in [2.05, 4.69) is 57.3 Å². The van der Waals surface area contributed by atoms with Gasteiger partial charge in [0, 0.05) is 6.04 Å². The molecule has 0 aliphatic rings. The highest BCUT2D eigenvalue weighted by Gasteiger charge is 2.16. The zero-order chi connectivity index (χ0) is 13.4. The molecular weight excluding hydrogens is 218 g/mol. The molecule has 0 fully saturated rings. The highest BCUT2D eigenvalue weighted by Crippen LogP contribution is 2.27. The lowest BCUT2D eigenvalue weighted by Gasteiger charge is -2.25. The fourth-order valence-corrected chi connectivity index (χ4v) is 2.57. The van der Waals surface area contributed by atoms with Crippen molar-refractivity contribution in [3.8, 4) is 0 Å². The van der Waals surface area contributed by atoms with E-state index >= 15 is 0 Å². The molecule has 1 aromatic carbocycles. The summed E-state index contributed by atoms with van der Waals surface area (Å²) in [5.41, 5.74) is 2.90. The minimum atomic E-state index is 0.524. The summed E-state index contributed by atoms with van der Waals surface area (Å²) >= 11 is 0. The molecular formula is C17H29N. The second-order valence-electron chi connectivity index (χ2n) is 5.28. The molecule has 0 aromatic heterocycles. The first-order chi connectivity index (χ1) is 8.72. The molecule has 0 saturated carbocycles. The van der Waals surface area contributed by atoms with Gasteiger partial charge in [-0.15, -0.1) is 0 Å². The Balaban J connectivity index is 2.80. The van der Waals surface area contributed by atoms with Crippen molar-refractivity contribution in [2.24, 2.45) is 5.92 Å². The summed E-state index contributed by atoms with van der Waals surface area (Å²) in [7, 11) is 0. The molecule has 1 atom stereocenters. The van der Waals surface area contributed by atoms with Crippen molar-refractivity contribution in [1.29, 1.82) is 0 Å². The van der Waals surface area contributed by atoms with Crippen molar-refractivity contribution in [2.45, 2.75) is 59.4 Å². The van der Waals surface area contributed by atoms with Gasteiger partial charge in [0.05, 0.1) is 0 Å². The molecule has 0 radical (unpaired) electrons. The molecule has 1 rings (SSSR count). The summed E-state index contributed by atoms with van der Waals surface area (Å²) in [6, 6.07) is 9.33. The van der Waals surface area contributed by atoms with Crippen LogP contribution in [-0.2, 0) is 0 Å². The molecule has 0 amide bonds. The summed E-state index contributed by atoms with van der Waals surface area (Å²) in [4.78, 5) is 0. The summed E-state index contributed by atoms with van der Waals surface area (Å²) < 4.78 is 0. The lowest BCUT2D eigenvalue weighted by atomic mass is 9.89. The molecule has 1 heteroatoms. The summed E-state index contributed by atoms with van der Waals surface area (Å²) in [6.45, 7) is 10.2. The minimum Gasteiger partial charge on any atom is -0.310 e. The van der Waals surface area contributed by atoms with Crippen LogP contribution in [0, 0.1) is 12.8 Å². The van der Waals surface area contributed by atoms with Crippen molar-refractivity contribution < 1.29 is 0 Å². The first-order valence-corrected chi connectivity index (χ1v) is 7.51. The second kappa shape index (κ2) is 8.31. The van der Waals surface area contributed by atoms with Gasteiger partial charge in [-0.25, -0.2) is 0 Å². The van der Waals surface area contributed by atoms with E-state index in [1.807, 2.05) is 0 Å². The molecule has 1 N–H and O–H groups in total. The van der Waals surface area contributed by atoms with Gasteiger partial charge in [-0.3, -0.25) is 0 Å². The minimum absolute atomic E-state index is 0.524.